The number of aryl methyl sites for hydroxylation is 1. The molecule has 1 saturated heterocycles. The van der Waals surface area contributed by atoms with Crippen molar-refractivity contribution in [1.29, 1.82) is 0 Å². The molecule has 0 aliphatic carbocycles. The number of nitrogens with zero attached hydrogens (tertiary/aromatic N) is 1. The molecule has 4 amide bonds. The number of para-hydroxylation sites is 1. The van der Waals surface area contributed by atoms with Crippen molar-refractivity contribution in [1.82, 2.24) is 5.32 Å². The predicted octanol–water partition coefficient (Wildman–Crippen LogP) is 4.28. The van der Waals surface area contributed by atoms with Crippen molar-refractivity contribution in [2.45, 2.75) is 6.92 Å². The first-order valence-corrected chi connectivity index (χ1v) is 10.4. The Hall–Kier alpha value is -4.78. The zero-order valence-electron chi connectivity index (χ0n) is 18.2. The lowest BCUT2D eigenvalue weighted by atomic mass is 10.1. The number of barbiturate groups is 1. The minimum absolute atomic E-state index is 0.164. The standard InChI is InChI=1S/C27H20N2O5/c1-18-11-14-21(15-12-18)29-26(32)22(25(31)28-27(29)33)17-20-9-5-6-10-23(20)34-24(30)16-13-19-7-3-2-4-8-19/h2-17H,1H3,(H,28,31,33)/b16-13+,22-17-. The molecule has 1 heterocycles. The van der Waals surface area contributed by atoms with Crippen molar-refractivity contribution in [2.24, 2.45) is 0 Å². The van der Waals surface area contributed by atoms with Gasteiger partial charge in [0.15, 0.2) is 0 Å². The third-order valence-electron chi connectivity index (χ3n) is 5.03. The molecule has 0 spiro atoms. The molecule has 0 saturated carbocycles. The SMILES string of the molecule is Cc1ccc(N2C(=O)NC(=O)/C(=C/c3ccccc3OC(=O)/C=C/c3ccccc3)C2=O)cc1. The molecule has 1 fully saturated rings. The highest BCUT2D eigenvalue weighted by molar-refractivity contribution is 6.39. The highest BCUT2D eigenvalue weighted by Crippen LogP contribution is 2.26. The van der Waals surface area contributed by atoms with Crippen molar-refractivity contribution < 1.29 is 23.9 Å². The first kappa shape index (κ1) is 22.4. The van der Waals surface area contributed by atoms with E-state index in [1.165, 1.54) is 12.2 Å². The van der Waals surface area contributed by atoms with E-state index in [9.17, 15) is 19.2 Å². The summed E-state index contributed by atoms with van der Waals surface area (Å²) in [6.07, 6.45) is 4.21. The Kier molecular flexibility index (Phi) is 6.45. The molecule has 1 N–H and O–H groups in total. The van der Waals surface area contributed by atoms with Gasteiger partial charge in [-0.2, -0.15) is 0 Å². The number of carbonyl (C=O) groups excluding carboxylic acids is 4. The topological polar surface area (TPSA) is 92.8 Å². The van der Waals surface area contributed by atoms with Gasteiger partial charge < -0.3 is 4.74 Å². The number of anilines is 1. The molecular weight excluding hydrogens is 432 g/mol. The Morgan fingerprint density at radius 1 is 0.882 bits per heavy atom. The van der Waals surface area contributed by atoms with Crippen LogP contribution in [0.3, 0.4) is 0 Å². The van der Waals surface area contributed by atoms with Crippen LogP contribution in [0.4, 0.5) is 10.5 Å². The van der Waals surface area contributed by atoms with E-state index in [1.54, 1.807) is 54.6 Å². The Labute approximate surface area is 196 Å². The van der Waals surface area contributed by atoms with Crippen LogP contribution >= 0.6 is 0 Å². The van der Waals surface area contributed by atoms with E-state index in [4.69, 9.17) is 4.74 Å². The lowest BCUT2D eigenvalue weighted by molar-refractivity contribution is -0.129. The van der Waals surface area contributed by atoms with Crippen LogP contribution in [0.15, 0.2) is 90.5 Å². The van der Waals surface area contributed by atoms with E-state index in [0.717, 1.165) is 16.0 Å². The lowest BCUT2D eigenvalue weighted by Crippen LogP contribution is -2.54. The van der Waals surface area contributed by atoms with Crippen LogP contribution in [0, 0.1) is 6.92 Å². The van der Waals surface area contributed by atoms with Gasteiger partial charge in [-0.3, -0.25) is 14.9 Å². The average Bonchev–Trinajstić information content (AvgIpc) is 2.83. The maximum Gasteiger partial charge on any atom is 0.336 e. The lowest BCUT2D eigenvalue weighted by Gasteiger charge is -2.26. The number of carbonyl (C=O) groups is 4. The van der Waals surface area contributed by atoms with E-state index in [2.05, 4.69) is 5.32 Å². The third kappa shape index (κ3) is 4.99. The van der Waals surface area contributed by atoms with Gasteiger partial charge in [-0.05, 0) is 42.8 Å². The molecular formula is C27H20N2O5. The molecule has 3 aromatic carbocycles. The molecule has 0 aromatic heterocycles. The Bertz CT molecular complexity index is 1320. The van der Waals surface area contributed by atoms with Gasteiger partial charge in [0.25, 0.3) is 11.8 Å². The highest BCUT2D eigenvalue weighted by Gasteiger charge is 2.36. The van der Waals surface area contributed by atoms with Gasteiger partial charge in [-0.15, -0.1) is 0 Å². The van der Waals surface area contributed by atoms with Gasteiger partial charge >= 0.3 is 12.0 Å². The number of amides is 4. The maximum atomic E-state index is 13.1. The number of ether oxygens (including phenoxy) is 1. The number of esters is 1. The van der Waals surface area contributed by atoms with E-state index in [-0.39, 0.29) is 11.3 Å². The minimum Gasteiger partial charge on any atom is -0.423 e. The van der Waals surface area contributed by atoms with Crippen LogP contribution in [-0.4, -0.2) is 23.8 Å². The van der Waals surface area contributed by atoms with Crippen LogP contribution in [0.1, 0.15) is 16.7 Å². The van der Waals surface area contributed by atoms with Gasteiger partial charge in [0.2, 0.25) is 0 Å². The fourth-order valence-electron chi connectivity index (χ4n) is 3.30. The monoisotopic (exact) mass is 452 g/mol. The number of hydrogen-bond acceptors (Lipinski definition) is 5. The molecule has 0 radical (unpaired) electrons. The minimum atomic E-state index is -0.832. The summed E-state index contributed by atoms with van der Waals surface area (Å²) in [7, 11) is 0. The van der Waals surface area contributed by atoms with Crippen LogP contribution < -0.4 is 15.0 Å². The fraction of sp³-hybridized carbons (Fsp3) is 0.0370. The number of benzene rings is 3. The molecule has 1 aliphatic rings. The van der Waals surface area contributed by atoms with Crippen molar-refractivity contribution >= 4 is 41.7 Å². The zero-order valence-corrected chi connectivity index (χ0v) is 18.2. The number of rotatable bonds is 5. The number of hydrogen-bond donors (Lipinski definition) is 1. The number of imide groups is 2. The normalized spacial score (nSPS) is 15.0. The van der Waals surface area contributed by atoms with Crippen molar-refractivity contribution in [3.63, 3.8) is 0 Å². The summed E-state index contributed by atoms with van der Waals surface area (Å²) in [5, 5.41) is 2.18. The molecule has 0 atom stereocenters. The molecule has 1 aliphatic heterocycles. The smallest absolute Gasteiger partial charge is 0.336 e. The molecule has 4 rings (SSSR count). The van der Waals surface area contributed by atoms with E-state index in [0.29, 0.717) is 11.3 Å². The summed E-state index contributed by atoms with van der Waals surface area (Å²) in [5.41, 5.74) is 2.19. The number of nitrogens with one attached hydrogen (secondary N) is 1. The number of urea groups is 1. The predicted molar refractivity (Wildman–Crippen MR) is 128 cm³/mol. The molecule has 34 heavy (non-hydrogen) atoms. The van der Waals surface area contributed by atoms with E-state index >= 15 is 0 Å². The quantitative estimate of drug-likeness (QED) is 0.270. The highest BCUT2D eigenvalue weighted by atomic mass is 16.5. The van der Waals surface area contributed by atoms with Gasteiger partial charge in [-0.1, -0.05) is 66.2 Å². The Morgan fingerprint density at radius 3 is 2.29 bits per heavy atom. The summed E-state index contributed by atoms with van der Waals surface area (Å²) in [4.78, 5) is 51.2. The molecule has 7 nitrogen and oxygen atoms in total. The summed E-state index contributed by atoms with van der Waals surface area (Å²) in [6.45, 7) is 1.88. The van der Waals surface area contributed by atoms with E-state index < -0.39 is 23.8 Å². The molecule has 7 heteroatoms. The second-order valence-corrected chi connectivity index (χ2v) is 7.50. The summed E-state index contributed by atoms with van der Waals surface area (Å²) in [5.74, 6) is -2.06. The molecule has 3 aromatic rings. The fourth-order valence-corrected chi connectivity index (χ4v) is 3.30. The molecule has 0 unspecified atom stereocenters. The Balaban J connectivity index is 1.60. The van der Waals surface area contributed by atoms with Crippen LogP contribution in [0.25, 0.3) is 12.2 Å². The van der Waals surface area contributed by atoms with Crippen LogP contribution in [0.5, 0.6) is 5.75 Å². The summed E-state index contributed by atoms with van der Waals surface area (Å²) >= 11 is 0. The third-order valence-corrected chi connectivity index (χ3v) is 5.03. The maximum absolute atomic E-state index is 13.1. The second kappa shape index (κ2) is 9.79. The largest absolute Gasteiger partial charge is 0.423 e. The van der Waals surface area contributed by atoms with Gasteiger partial charge in [-0.25, -0.2) is 14.5 Å². The van der Waals surface area contributed by atoms with Crippen molar-refractivity contribution in [2.75, 3.05) is 4.90 Å². The van der Waals surface area contributed by atoms with Crippen LogP contribution in [0.2, 0.25) is 0 Å². The Morgan fingerprint density at radius 2 is 1.56 bits per heavy atom. The van der Waals surface area contributed by atoms with Crippen molar-refractivity contribution in [3.8, 4) is 5.75 Å². The molecule has 0 bridgehead atoms. The van der Waals surface area contributed by atoms with Gasteiger partial charge in [0, 0.05) is 11.6 Å². The summed E-state index contributed by atoms with van der Waals surface area (Å²) in [6, 6.07) is 21.7. The second-order valence-electron chi connectivity index (χ2n) is 7.50. The van der Waals surface area contributed by atoms with Gasteiger partial charge in [0.05, 0.1) is 5.69 Å². The van der Waals surface area contributed by atoms with Crippen LogP contribution in [-0.2, 0) is 14.4 Å². The van der Waals surface area contributed by atoms with Gasteiger partial charge in [0.1, 0.15) is 11.3 Å². The first-order valence-electron chi connectivity index (χ1n) is 10.4. The zero-order chi connectivity index (χ0) is 24.1. The average molecular weight is 452 g/mol. The molecule has 168 valence electrons. The van der Waals surface area contributed by atoms with E-state index in [1.807, 2.05) is 37.3 Å². The summed E-state index contributed by atoms with van der Waals surface area (Å²) < 4.78 is 5.43. The first-order chi connectivity index (χ1) is 16.4. The van der Waals surface area contributed by atoms with Crippen molar-refractivity contribution in [3.05, 3.63) is 107 Å².